The molecule has 1 saturated heterocycles. The molecule has 158 valence electrons. The van der Waals surface area contributed by atoms with Crippen LogP contribution in [0.5, 0.6) is 0 Å². The standard InChI is InChI=1S/C24H24N4O3/c29-24(18-7-8-22(23(15-18)28(30)31)26-11-3-4-12-26)27-13-9-17(10-14-27)20-16-25-21-6-2-1-5-19(20)21/h1-2,5-9,15-16,25H,3-4,10-14H2. The van der Waals surface area contributed by atoms with E-state index in [9.17, 15) is 14.9 Å². The number of hydrogen-bond acceptors (Lipinski definition) is 4. The maximum atomic E-state index is 13.1. The first kappa shape index (κ1) is 19.4. The van der Waals surface area contributed by atoms with Gasteiger partial charge >= 0.3 is 0 Å². The van der Waals surface area contributed by atoms with Crippen molar-refractivity contribution >= 4 is 33.8 Å². The molecule has 0 radical (unpaired) electrons. The highest BCUT2D eigenvalue weighted by atomic mass is 16.6. The number of nitro benzene ring substituents is 1. The van der Waals surface area contributed by atoms with Crippen LogP contribution >= 0.6 is 0 Å². The number of rotatable bonds is 4. The Morgan fingerprint density at radius 3 is 2.61 bits per heavy atom. The lowest BCUT2D eigenvalue weighted by Crippen LogP contribution is -2.34. The summed E-state index contributed by atoms with van der Waals surface area (Å²) in [5.41, 5.74) is 4.49. The van der Waals surface area contributed by atoms with Crippen molar-refractivity contribution in [2.45, 2.75) is 19.3 Å². The van der Waals surface area contributed by atoms with E-state index in [1.54, 1.807) is 17.0 Å². The molecule has 0 aliphatic carbocycles. The van der Waals surface area contributed by atoms with Crippen LogP contribution in [0, 0.1) is 10.1 Å². The van der Waals surface area contributed by atoms with Crippen molar-refractivity contribution in [1.29, 1.82) is 0 Å². The summed E-state index contributed by atoms with van der Waals surface area (Å²) < 4.78 is 0. The molecular weight excluding hydrogens is 392 g/mol. The number of carbonyl (C=O) groups excluding carboxylic acids is 1. The first-order chi connectivity index (χ1) is 15.1. The largest absolute Gasteiger partial charge is 0.366 e. The van der Waals surface area contributed by atoms with Gasteiger partial charge in [0, 0.05) is 60.5 Å². The molecule has 1 aromatic heterocycles. The van der Waals surface area contributed by atoms with Crippen LogP contribution in [-0.4, -0.2) is 46.9 Å². The van der Waals surface area contributed by atoms with E-state index in [-0.39, 0.29) is 16.5 Å². The van der Waals surface area contributed by atoms with Gasteiger partial charge < -0.3 is 14.8 Å². The number of nitrogens with zero attached hydrogens (tertiary/aromatic N) is 3. The molecule has 7 nitrogen and oxygen atoms in total. The molecule has 7 heteroatoms. The number of nitro groups is 1. The summed E-state index contributed by atoms with van der Waals surface area (Å²) in [4.78, 5) is 31.4. The van der Waals surface area contributed by atoms with Gasteiger partial charge in [-0.15, -0.1) is 0 Å². The molecule has 3 heterocycles. The summed E-state index contributed by atoms with van der Waals surface area (Å²) in [5, 5.41) is 12.8. The molecular formula is C24H24N4O3. The van der Waals surface area contributed by atoms with Gasteiger partial charge in [-0.3, -0.25) is 14.9 Å². The molecule has 5 rings (SSSR count). The number of amides is 1. The molecule has 2 aliphatic rings. The summed E-state index contributed by atoms with van der Waals surface area (Å²) in [5.74, 6) is -0.162. The smallest absolute Gasteiger partial charge is 0.293 e. The van der Waals surface area contributed by atoms with Crippen LogP contribution in [0.4, 0.5) is 11.4 Å². The maximum absolute atomic E-state index is 13.1. The normalized spacial score (nSPS) is 16.6. The Morgan fingerprint density at radius 1 is 1.06 bits per heavy atom. The fourth-order valence-corrected chi connectivity index (χ4v) is 4.65. The van der Waals surface area contributed by atoms with Gasteiger partial charge in [0.15, 0.2) is 0 Å². The van der Waals surface area contributed by atoms with Gasteiger partial charge in [-0.05, 0) is 43.0 Å². The number of aromatic amines is 1. The summed E-state index contributed by atoms with van der Waals surface area (Å²) in [6.45, 7) is 2.73. The third-order valence-electron chi connectivity index (χ3n) is 6.30. The third-order valence-corrected chi connectivity index (χ3v) is 6.30. The zero-order chi connectivity index (χ0) is 21.4. The highest BCUT2D eigenvalue weighted by Gasteiger charge is 2.26. The highest BCUT2D eigenvalue weighted by molar-refractivity contribution is 5.97. The second-order valence-electron chi connectivity index (χ2n) is 8.13. The van der Waals surface area contributed by atoms with Crippen LogP contribution in [0.15, 0.2) is 54.7 Å². The summed E-state index contributed by atoms with van der Waals surface area (Å²) in [6.07, 6.45) is 6.94. The van der Waals surface area contributed by atoms with E-state index in [4.69, 9.17) is 0 Å². The number of carbonyl (C=O) groups is 1. The first-order valence-corrected chi connectivity index (χ1v) is 10.7. The molecule has 1 fully saturated rings. The van der Waals surface area contributed by atoms with E-state index in [1.165, 1.54) is 22.6 Å². The lowest BCUT2D eigenvalue weighted by atomic mass is 9.98. The number of para-hydroxylation sites is 1. The van der Waals surface area contributed by atoms with Gasteiger partial charge in [0.25, 0.3) is 11.6 Å². The van der Waals surface area contributed by atoms with E-state index >= 15 is 0 Å². The molecule has 3 aromatic rings. The molecule has 31 heavy (non-hydrogen) atoms. The minimum absolute atomic E-state index is 0.0137. The van der Waals surface area contributed by atoms with Gasteiger partial charge in [0.2, 0.25) is 0 Å². The van der Waals surface area contributed by atoms with Crippen molar-refractivity contribution < 1.29 is 9.72 Å². The molecule has 0 spiro atoms. The average Bonchev–Trinajstić information content (AvgIpc) is 3.48. The lowest BCUT2D eigenvalue weighted by molar-refractivity contribution is -0.384. The molecule has 0 bridgehead atoms. The zero-order valence-corrected chi connectivity index (χ0v) is 17.2. The van der Waals surface area contributed by atoms with Gasteiger partial charge in [-0.1, -0.05) is 24.3 Å². The number of aromatic nitrogens is 1. The Kier molecular flexibility index (Phi) is 4.94. The van der Waals surface area contributed by atoms with Gasteiger partial charge in [0.05, 0.1) is 4.92 Å². The minimum atomic E-state index is -0.379. The topological polar surface area (TPSA) is 82.5 Å². The van der Waals surface area contributed by atoms with Crippen LogP contribution in [-0.2, 0) is 0 Å². The number of benzene rings is 2. The molecule has 2 aliphatic heterocycles. The van der Waals surface area contributed by atoms with Crippen molar-refractivity contribution in [3.63, 3.8) is 0 Å². The zero-order valence-electron chi connectivity index (χ0n) is 17.2. The summed E-state index contributed by atoms with van der Waals surface area (Å²) >= 11 is 0. The molecule has 0 unspecified atom stereocenters. The van der Waals surface area contributed by atoms with E-state index in [1.807, 2.05) is 23.2 Å². The number of anilines is 1. The number of hydrogen-bond donors (Lipinski definition) is 1. The minimum Gasteiger partial charge on any atom is -0.366 e. The maximum Gasteiger partial charge on any atom is 0.293 e. The monoisotopic (exact) mass is 416 g/mol. The molecule has 0 atom stereocenters. The van der Waals surface area contributed by atoms with Crippen molar-refractivity contribution in [3.05, 3.63) is 76.0 Å². The fourth-order valence-electron chi connectivity index (χ4n) is 4.65. The van der Waals surface area contributed by atoms with Crippen LogP contribution in [0.2, 0.25) is 0 Å². The highest BCUT2D eigenvalue weighted by Crippen LogP contribution is 2.33. The van der Waals surface area contributed by atoms with E-state index < -0.39 is 0 Å². The van der Waals surface area contributed by atoms with Crippen molar-refractivity contribution in [3.8, 4) is 0 Å². The first-order valence-electron chi connectivity index (χ1n) is 10.7. The summed E-state index contributed by atoms with van der Waals surface area (Å²) in [6, 6.07) is 13.1. The number of nitrogens with one attached hydrogen (secondary N) is 1. The molecule has 0 saturated carbocycles. The predicted molar refractivity (Wildman–Crippen MR) is 121 cm³/mol. The quantitative estimate of drug-likeness (QED) is 0.497. The van der Waals surface area contributed by atoms with E-state index in [0.717, 1.165) is 37.9 Å². The number of fused-ring (bicyclic) bond motifs is 1. The molecule has 1 N–H and O–H groups in total. The Balaban J connectivity index is 1.36. The van der Waals surface area contributed by atoms with Gasteiger partial charge in [-0.2, -0.15) is 0 Å². The second-order valence-corrected chi connectivity index (χ2v) is 8.13. The summed E-state index contributed by atoms with van der Waals surface area (Å²) in [7, 11) is 0. The Hall–Kier alpha value is -3.61. The predicted octanol–water partition coefficient (Wildman–Crippen LogP) is 4.61. The Labute approximate surface area is 180 Å². The van der Waals surface area contributed by atoms with Crippen LogP contribution in [0.3, 0.4) is 0 Å². The van der Waals surface area contributed by atoms with Crippen LogP contribution in [0.1, 0.15) is 35.2 Å². The van der Waals surface area contributed by atoms with Gasteiger partial charge in [-0.25, -0.2) is 0 Å². The average molecular weight is 416 g/mol. The fraction of sp³-hybridized carbons (Fsp3) is 0.292. The second kappa shape index (κ2) is 7.91. The van der Waals surface area contributed by atoms with Crippen molar-refractivity contribution in [1.82, 2.24) is 9.88 Å². The Morgan fingerprint density at radius 2 is 1.87 bits per heavy atom. The lowest BCUT2D eigenvalue weighted by Gasteiger charge is -2.27. The van der Waals surface area contributed by atoms with E-state index in [2.05, 4.69) is 23.2 Å². The van der Waals surface area contributed by atoms with Crippen LogP contribution < -0.4 is 4.90 Å². The van der Waals surface area contributed by atoms with E-state index in [0.29, 0.717) is 24.3 Å². The van der Waals surface area contributed by atoms with Crippen molar-refractivity contribution in [2.75, 3.05) is 31.1 Å². The number of H-pyrrole nitrogens is 1. The van der Waals surface area contributed by atoms with Crippen LogP contribution in [0.25, 0.3) is 16.5 Å². The Bertz CT molecular complexity index is 1190. The SMILES string of the molecule is O=C(c1ccc(N2CCCC2)c([N+](=O)[O-])c1)N1CC=C(c2c[nH]c3ccccc23)CC1. The third kappa shape index (κ3) is 3.56. The molecule has 1 amide bonds. The molecule has 2 aromatic carbocycles. The van der Waals surface area contributed by atoms with Crippen molar-refractivity contribution in [2.24, 2.45) is 0 Å². The van der Waals surface area contributed by atoms with Gasteiger partial charge in [0.1, 0.15) is 5.69 Å².